The average Bonchev–Trinajstić information content (AvgIpc) is 2.31. The van der Waals surface area contributed by atoms with Gasteiger partial charge in [0, 0.05) is 0 Å². The molecule has 0 aliphatic carbocycles. The van der Waals surface area contributed by atoms with E-state index in [-0.39, 0.29) is 0 Å². The molecule has 0 fully saturated rings. The Balaban J connectivity index is 2.93. The van der Waals surface area contributed by atoms with Crippen molar-refractivity contribution in [3.05, 3.63) is 28.4 Å². The van der Waals surface area contributed by atoms with Crippen molar-refractivity contribution >= 4 is 22.6 Å². The lowest BCUT2D eigenvalue weighted by Crippen LogP contribution is -1.77. The predicted octanol–water partition coefficient (Wildman–Crippen LogP) is 3.10. The van der Waals surface area contributed by atoms with Gasteiger partial charge in [-0.3, -0.25) is 0 Å². The Hall–Kier alpha value is -1.02. The zero-order valence-corrected chi connectivity index (χ0v) is 7.64. The van der Waals surface area contributed by atoms with Gasteiger partial charge in [-0.25, -0.2) is 0 Å². The lowest BCUT2D eigenvalue weighted by atomic mass is 10.1. The van der Waals surface area contributed by atoms with E-state index in [4.69, 9.17) is 16.1 Å². The monoisotopic (exact) mass is 181 g/mol. The van der Waals surface area contributed by atoms with E-state index in [9.17, 15) is 0 Å². The fraction of sp³-hybridized carbons (Fsp3) is 0.222. The highest BCUT2D eigenvalue weighted by atomic mass is 35.5. The van der Waals surface area contributed by atoms with Crippen LogP contribution in [0, 0.1) is 13.8 Å². The number of hydrogen-bond donors (Lipinski definition) is 0. The van der Waals surface area contributed by atoms with Gasteiger partial charge in [0.25, 0.3) is 0 Å². The van der Waals surface area contributed by atoms with E-state index in [1.165, 1.54) is 0 Å². The molecule has 2 nitrogen and oxygen atoms in total. The van der Waals surface area contributed by atoms with E-state index >= 15 is 0 Å². The quantitative estimate of drug-likeness (QED) is 0.624. The van der Waals surface area contributed by atoms with Gasteiger partial charge in [0.15, 0.2) is 10.7 Å². The Kier molecular flexibility index (Phi) is 1.58. The Morgan fingerprint density at radius 2 is 2.08 bits per heavy atom. The third-order valence-electron chi connectivity index (χ3n) is 1.87. The average molecular weight is 182 g/mol. The topological polar surface area (TPSA) is 26.0 Å². The molecule has 0 spiro atoms. The third kappa shape index (κ3) is 0.994. The summed E-state index contributed by atoms with van der Waals surface area (Å²) < 4.78 is 5.03. The normalized spacial score (nSPS) is 10.9. The molecule has 2 rings (SSSR count). The van der Waals surface area contributed by atoms with Crippen LogP contribution in [0.15, 0.2) is 16.7 Å². The maximum Gasteiger partial charge on any atom is 0.180 e. The molecule has 3 heteroatoms. The lowest BCUT2D eigenvalue weighted by Gasteiger charge is -1.95. The Labute approximate surface area is 75.1 Å². The summed E-state index contributed by atoms with van der Waals surface area (Å²) >= 11 is 5.83. The summed E-state index contributed by atoms with van der Waals surface area (Å²) in [4.78, 5) is 0. The highest BCUT2D eigenvalue weighted by Gasteiger charge is 2.08. The second kappa shape index (κ2) is 2.49. The van der Waals surface area contributed by atoms with E-state index < -0.39 is 0 Å². The van der Waals surface area contributed by atoms with Gasteiger partial charge >= 0.3 is 0 Å². The first-order chi connectivity index (χ1) is 5.68. The molecule has 2 aromatic rings. The largest absolute Gasteiger partial charge is 0.355 e. The molecule has 0 bridgehead atoms. The zero-order chi connectivity index (χ0) is 8.72. The molecule has 1 heterocycles. The zero-order valence-electron chi connectivity index (χ0n) is 6.89. The van der Waals surface area contributed by atoms with E-state index in [1.807, 2.05) is 19.9 Å². The number of halogens is 1. The molecule has 0 aliphatic heterocycles. The van der Waals surface area contributed by atoms with Gasteiger partial charge in [-0.05, 0) is 31.0 Å². The van der Waals surface area contributed by atoms with Crippen molar-refractivity contribution in [2.24, 2.45) is 0 Å². The van der Waals surface area contributed by atoms with Gasteiger partial charge in [0.2, 0.25) is 0 Å². The smallest absolute Gasteiger partial charge is 0.180 e. The van der Waals surface area contributed by atoms with Crippen molar-refractivity contribution in [2.75, 3.05) is 0 Å². The maximum absolute atomic E-state index is 5.83. The molecule has 12 heavy (non-hydrogen) atoms. The van der Waals surface area contributed by atoms with Crippen molar-refractivity contribution in [2.45, 2.75) is 13.8 Å². The van der Waals surface area contributed by atoms with Crippen LogP contribution in [0.5, 0.6) is 0 Å². The molecular formula is C9H8ClNO. The molecule has 0 amide bonds. The van der Waals surface area contributed by atoms with Crippen molar-refractivity contribution in [1.29, 1.82) is 0 Å². The van der Waals surface area contributed by atoms with Crippen LogP contribution >= 0.6 is 11.6 Å². The Bertz CT molecular complexity index is 433. The Morgan fingerprint density at radius 1 is 1.33 bits per heavy atom. The predicted molar refractivity (Wildman–Crippen MR) is 48.5 cm³/mol. The lowest BCUT2D eigenvalue weighted by molar-refractivity contribution is 0.456. The van der Waals surface area contributed by atoms with Crippen LogP contribution in [0.3, 0.4) is 0 Å². The molecule has 0 saturated carbocycles. The first-order valence-electron chi connectivity index (χ1n) is 3.70. The standard InChI is InChI=1S/C9H8ClNO/c1-5-3-6(2)8-7(4-5)12-11-9(8)10/h3-4H,1-2H3. The first-order valence-corrected chi connectivity index (χ1v) is 4.08. The van der Waals surface area contributed by atoms with E-state index in [1.54, 1.807) is 0 Å². The van der Waals surface area contributed by atoms with Crippen LogP contribution in [0.25, 0.3) is 11.0 Å². The number of fused-ring (bicyclic) bond motifs is 1. The van der Waals surface area contributed by atoms with E-state index in [0.29, 0.717) is 5.15 Å². The second-order valence-corrected chi connectivity index (χ2v) is 3.29. The number of nitrogens with zero attached hydrogens (tertiary/aromatic N) is 1. The molecule has 0 aliphatic rings. The summed E-state index contributed by atoms with van der Waals surface area (Å²) in [7, 11) is 0. The van der Waals surface area contributed by atoms with Crippen molar-refractivity contribution in [1.82, 2.24) is 5.16 Å². The highest BCUT2D eigenvalue weighted by molar-refractivity contribution is 6.34. The summed E-state index contributed by atoms with van der Waals surface area (Å²) in [6.07, 6.45) is 0. The molecule has 0 unspecified atom stereocenters. The number of aryl methyl sites for hydroxylation is 2. The maximum atomic E-state index is 5.83. The minimum atomic E-state index is 0.447. The molecule has 0 saturated heterocycles. The van der Waals surface area contributed by atoms with Gasteiger partial charge in [0.1, 0.15) is 0 Å². The minimum Gasteiger partial charge on any atom is -0.355 e. The van der Waals surface area contributed by atoms with Crippen molar-refractivity contribution in [3.8, 4) is 0 Å². The SMILES string of the molecule is Cc1cc(C)c2c(Cl)noc2c1. The van der Waals surface area contributed by atoms with E-state index in [0.717, 1.165) is 22.1 Å². The van der Waals surface area contributed by atoms with Crippen LogP contribution in [0.1, 0.15) is 11.1 Å². The van der Waals surface area contributed by atoms with Gasteiger partial charge in [0.05, 0.1) is 5.39 Å². The summed E-state index contributed by atoms with van der Waals surface area (Å²) in [5, 5.41) is 5.05. The number of hydrogen-bond acceptors (Lipinski definition) is 2. The van der Waals surface area contributed by atoms with Crippen molar-refractivity contribution in [3.63, 3.8) is 0 Å². The molecule has 0 radical (unpaired) electrons. The third-order valence-corrected chi connectivity index (χ3v) is 2.13. The molecular weight excluding hydrogens is 174 g/mol. The van der Waals surface area contributed by atoms with Crippen LogP contribution in [-0.2, 0) is 0 Å². The minimum absolute atomic E-state index is 0.447. The molecule has 62 valence electrons. The first kappa shape index (κ1) is 7.62. The fourth-order valence-electron chi connectivity index (χ4n) is 1.40. The summed E-state index contributed by atoms with van der Waals surface area (Å²) in [6, 6.07) is 3.99. The molecule has 0 N–H and O–H groups in total. The second-order valence-electron chi connectivity index (χ2n) is 2.93. The van der Waals surface area contributed by atoms with Crippen LogP contribution in [0.2, 0.25) is 5.15 Å². The number of rotatable bonds is 0. The van der Waals surface area contributed by atoms with Gasteiger partial charge < -0.3 is 4.52 Å². The van der Waals surface area contributed by atoms with Gasteiger partial charge in [-0.1, -0.05) is 22.8 Å². The number of aromatic nitrogens is 1. The summed E-state index contributed by atoms with van der Waals surface area (Å²) in [6.45, 7) is 4.02. The Morgan fingerprint density at radius 3 is 2.83 bits per heavy atom. The fourth-order valence-corrected chi connectivity index (χ4v) is 1.68. The van der Waals surface area contributed by atoms with Crippen LogP contribution in [0.4, 0.5) is 0 Å². The van der Waals surface area contributed by atoms with E-state index in [2.05, 4.69) is 11.2 Å². The van der Waals surface area contributed by atoms with Crippen molar-refractivity contribution < 1.29 is 4.52 Å². The summed E-state index contributed by atoms with van der Waals surface area (Å²) in [5.41, 5.74) is 3.03. The highest BCUT2D eigenvalue weighted by Crippen LogP contribution is 2.26. The molecule has 1 aromatic heterocycles. The summed E-state index contributed by atoms with van der Waals surface area (Å²) in [5.74, 6) is 0. The molecule has 0 atom stereocenters. The van der Waals surface area contributed by atoms with Gasteiger partial charge in [-0.15, -0.1) is 0 Å². The van der Waals surface area contributed by atoms with Gasteiger partial charge in [-0.2, -0.15) is 0 Å². The van der Waals surface area contributed by atoms with Crippen LogP contribution in [-0.4, -0.2) is 5.16 Å². The van der Waals surface area contributed by atoms with Crippen LogP contribution < -0.4 is 0 Å². The molecule has 1 aromatic carbocycles. The number of benzene rings is 1.